The quantitative estimate of drug-likeness (QED) is 0.0946. The zero-order chi connectivity index (χ0) is 46.5. The molecular formula is C52H45N11O3S2. The predicted octanol–water partition coefficient (Wildman–Crippen LogP) is 10.8. The molecule has 1 aliphatic heterocycles. The van der Waals surface area contributed by atoms with Crippen molar-refractivity contribution in [3.8, 4) is 39.7 Å². The van der Waals surface area contributed by atoms with Gasteiger partial charge in [-0.1, -0.05) is 91.1 Å². The third-order valence-electron chi connectivity index (χ3n) is 12.4. The lowest BCUT2D eigenvalue weighted by Gasteiger charge is -2.13. The number of ether oxygens (including phenoxy) is 1. The van der Waals surface area contributed by atoms with Crippen LogP contribution in [0.15, 0.2) is 131 Å². The first-order valence-corrected chi connectivity index (χ1v) is 24.2. The molecule has 0 bridgehead atoms. The van der Waals surface area contributed by atoms with E-state index in [0.717, 1.165) is 118 Å². The molecule has 2 atom stereocenters. The monoisotopic (exact) mass is 935 g/mol. The molecule has 14 nitrogen and oxygen atoms in total. The highest BCUT2D eigenvalue weighted by Gasteiger charge is 2.31. The van der Waals surface area contributed by atoms with Gasteiger partial charge < -0.3 is 18.9 Å². The van der Waals surface area contributed by atoms with E-state index in [9.17, 15) is 9.59 Å². The molecule has 1 aliphatic rings. The van der Waals surface area contributed by atoms with Crippen LogP contribution in [0.5, 0.6) is 5.75 Å². The van der Waals surface area contributed by atoms with E-state index in [-0.39, 0.29) is 17.3 Å². The molecule has 2 unspecified atom stereocenters. The van der Waals surface area contributed by atoms with E-state index >= 15 is 0 Å². The Morgan fingerprint density at radius 1 is 0.809 bits per heavy atom. The SMILES string of the molecule is CCCc1nc2c(C)cc(-c3nc4ccc(Sc5ccc6nc(C(C)Oc7ccc(CC8SC(=O)NC8=O)cc7)[nH]c6c5)cc4n3C)cc2n1Cc1ccc(-c2ccccc2-c2nnn[nH]2)cc1. The van der Waals surface area contributed by atoms with E-state index in [1.807, 2.05) is 55.5 Å². The topological polar surface area (TPSA) is 174 Å². The van der Waals surface area contributed by atoms with Gasteiger partial charge in [-0.15, -0.1) is 5.10 Å². The first kappa shape index (κ1) is 43.0. The van der Waals surface area contributed by atoms with Crippen molar-refractivity contribution in [3.05, 3.63) is 150 Å². The van der Waals surface area contributed by atoms with Crippen molar-refractivity contribution in [1.82, 2.24) is 55.0 Å². The Labute approximate surface area is 399 Å². The van der Waals surface area contributed by atoms with E-state index < -0.39 is 5.25 Å². The van der Waals surface area contributed by atoms with Crippen LogP contribution in [0.3, 0.4) is 0 Å². The molecule has 0 aliphatic carbocycles. The number of aromatic nitrogens is 10. The number of tetrazole rings is 1. The molecule has 3 N–H and O–H groups in total. The number of imide groups is 1. The smallest absolute Gasteiger partial charge is 0.286 e. The minimum absolute atomic E-state index is 0.242. The van der Waals surface area contributed by atoms with Crippen molar-refractivity contribution in [2.24, 2.45) is 7.05 Å². The number of hydrogen-bond donors (Lipinski definition) is 3. The Hall–Kier alpha value is -7.56. The number of fused-ring (bicyclic) bond motifs is 3. The molecule has 4 aromatic heterocycles. The number of aryl methyl sites for hydroxylation is 3. The second kappa shape index (κ2) is 17.9. The van der Waals surface area contributed by atoms with Crippen molar-refractivity contribution >= 4 is 67.8 Å². The van der Waals surface area contributed by atoms with Crippen molar-refractivity contribution in [2.75, 3.05) is 0 Å². The Bertz CT molecular complexity index is 3530. The lowest BCUT2D eigenvalue weighted by molar-refractivity contribution is -0.118. The highest BCUT2D eigenvalue weighted by atomic mass is 32.2. The first-order valence-electron chi connectivity index (χ1n) is 22.5. The van der Waals surface area contributed by atoms with Crippen molar-refractivity contribution < 1.29 is 14.3 Å². The highest BCUT2D eigenvalue weighted by molar-refractivity contribution is 8.15. The van der Waals surface area contributed by atoms with E-state index in [0.29, 0.717) is 24.5 Å². The summed E-state index contributed by atoms with van der Waals surface area (Å²) >= 11 is 2.72. The maximum Gasteiger partial charge on any atom is 0.286 e. The van der Waals surface area contributed by atoms with Crippen LogP contribution in [0.1, 0.15) is 54.7 Å². The van der Waals surface area contributed by atoms with Crippen LogP contribution in [-0.4, -0.2) is 66.1 Å². The number of amides is 2. The fourth-order valence-electron chi connectivity index (χ4n) is 8.95. The molecule has 16 heteroatoms. The average Bonchev–Trinajstić information content (AvgIpc) is 4.20. The summed E-state index contributed by atoms with van der Waals surface area (Å²) in [6.45, 7) is 6.99. The molecule has 11 rings (SSSR count). The van der Waals surface area contributed by atoms with Crippen molar-refractivity contribution in [1.29, 1.82) is 0 Å². The standard InChI is InChI=1S/C52H45N11O3S2/c1-5-8-46-56-47-29(2)23-34(25-44(47)63(46)28-32-11-15-33(16-12-32)38-9-6-7-10-39(38)49-58-60-61-59-49)50-55-41-22-20-37(27-43(41)62(50)4)67-36-19-21-40-42(26-36)54-48(53-40)30(3)66-35-17-13-31(14-18-35)24-45-51(64)57-52(65)68-45/h6-7,9-23,25-27,30,45H,5,8,24,28H2,1-4H3,(H,53,54)(H,57,64,65)(H,58,59,60,61). The average molecular weight is 936 g/mol. The van der Waals surface area contributed by atoms with E-state index in [2.05, 4.69) is 134 Å². The molecule has 2 amide bonds. The number of nitrogens with zero attached hydrogens (tertiary/aromatic N) is 8. The van der Waals surface area contributed by atoms with Gasteiger partial charge in [0.1, 0.15) is 23.2 Å². The molecular weight excluding hydrogens is 891 g/mol. The van der Waals surface area contributed by atoms with Gasteiger partial charge in [0, 0.05) is 40.9 Å². The lowest BCUT2D eigenvalue weighted by atomic mass is 9.98. The zero-order valence-electron chi connectivity index (χ0n) is 37.6. The van der Waals surface area contributed by atoms with E-state index in [1.165, 1.54) is 5.56 Å². The van der Waals surface area contributed by atoms with Crippen LogP contribution in [0.25, 0.3) is 67.0 Å². The number of aromatic amines is 2. The maximum absolute atomic E-state index is 12.0. The third kappa shape index (κ3) is 8.41. The van der Waals surface area contributed by atoms with Crippen LogP contribution < -0.4 is 10.1 Å². The zero-order valence-corrected chi connectivity index (χ0v) is 39.3. The number of carbonyl (C=O) groups excluding carboxylic acids is 2. The number of hydrogen-bond acceptors (Lipinski definition) is 11. The molecule has 68 heavy (non-hydrogen) atoms. The molecule has 338 valence electrons. The first-order chi connectivity index (χ1) is 33.1. The van der Waals surface area contributed by atoms with E-state index in [4.69, 9.17) is 19.7 Å². The summed E-state index contributed by atoms with van der Waals surface area (Å²) in [6.07, 6.45) is 2.01. The fourth-order valence-corrected chi connectivity index (χ4v) is 10.7. The minimum Gasteiger partial charge on any atom is -0.483 e. The van der Waals surface area contributed by atoms with Crippen molar-refractivity contribution in [2.45, 2.75) is 67.7 Å². The van der Waals surface area contributed by atoms with Crippen molar-refractivity contribution in [3.63, 3.8) is 0 Å². The van der Waals surface area contributed by atoms with Crippen LogP contribution >= 0.6 is 23.5 Å². The molecule has 1 fully saturated rings. The van der Waals surface area contributed by atoms with Crippen LogP contribution in [0.4, 0.5) is 4.79 Å². The molecule has 6 aromatic carbocycles. The van der Waals surface area contributed by atoms with Gasteiger partial charge in [0.2, 0.25) is 5.91 Å². The summed E-state index contributed by atoms with van der Waals surface area (Å²) in [5.74, 6) is 3.78. The second-order valence-electron chi connectivity index (χ2n) is 17.1. The number of benzene rings is 6. The largest absolute Gasteiger partial charge is 0.483 e. The van der Waals surface area contributed by atoms with Crippen LogP contribution in [0.2, 0.25) is 0 Å². The predicted molar refractivity (Wildman–Crippen MR) is 267 cm³/mol. The Morgan fingerprint density at radius 3 is 2.32 bits per heavy atom. The fraction of sp³-hybridized carbons (Fsp3) is 0.192. The van der Waals surface area contributed by atoms with Gasteiger partial charge in [-0.3, -0.25) is 14.9 Å². The van der Waals surface area contributed by atoms with Crippen LogP contribution in [0, 0.1) is 6.92 Å². The second-order valence-corrected chi connectivity index (χ2v) is 19.4. The molecule has 10 aromatic rings. The van der Waals surface area contributed by atoms with Gasteiger partial charge in [0.15, 0.2) is 11.9 Å². The summed E-state index contributed by atoms with van der Waals surface area (Å²) < 4.78 is 10.8. The molecule has 5 heterocycles. The Balaban J connectivity index is 0.811. The third-order valence-corrected chi connectivity index (χ3v) is 14.3. The Kier molecular flexibility index (Phi) is 11.3. The summed E-state index contributed by atoms with van der Waals surface area (Å²) in [4.78, 5) is 44.4. The minimum atomic E-state index is -0.407. The Morgan fingerprint density at radius 2 is 1.57 bits per heavy atom. The molecule has 0 spiro atoms. The van der Waals surface area contributed by atoms with Gasteiger partial charge in [0.05, 0.1) is 38.4 Å². The van der Waals surface area contributed by atoms with Gasteiger partial charge in [-0.25, -0.2) is 20.1 Å². The van der Waals surface area contributed by atoms with E-state index in [1.54, 1.807) is 11.8 Å². The van der Waals surface area contributed by atoms with Gasteiger partial charge in [-0.05, 0) is 126 Å². The molecule has 0 radical (unpaired) electrons. The summed E-state index contributed by atoms with van der Waals surface area (Å²) in [5.41, 5.74) is 13.3. The van der Waals surface area contributed by atoms with Crippen LogP contribution in [-0.2, 0) is 31.2 Å². The number of carbonyl (C=O) groups is 2. The lowest BCUT2D eigenvalue weighted by Crippen LogP contribution is -2.25. The van der Waals surface area contributed by atoms with Gasteiger partial charge in [0.25, 0.3) is 5.24 Å². The molecule has 0 saturated carbocycles. The maximum atomic E-state index is 12.0. The number of nitrogens with one attached hydrogen (secondary N) is 3. The normalized spacial score (nSPS) is 14.4. The number of thioether (sulfide) groups is 1. The summed E-state index contributed by atoms with van der Waals surface area (Å²) in [5, 5.41) is 16.3. The highest BCUT2D eigenvalue weighted by Crippen LogP contribution is 2.36. The number of imidazole rings is 3. The molecule has 1 saturated heterocycles. The number of rotatable bonds is 14. The summed E-state index contributed by atoms with van der Waals surface area (Å²) in [7, 11) is 2.09. The van der Waals surface area contributed by atoms with Gasteiger partial charge >= 0.3 is 0 Å². The van der Waals surface area contributed by atoms with Gasteiger partial charge in [-0.2, -0.15) is 0 Å². The number of H-pyrrole nitrogens is 2. The summed E-state index contributed by atoms with van der Waals surface area (Å²) in [6, 6.07) is 41.6.